The Balaban J connectivity index is 1.82. The first kappa shape index (κ1) is 12.0. The third-order valence-corrected chi connectivity index (χ3v) is 4.43. The van der Waals surface area contributed by atoms with Gasteiger partial charge in [0.1, 0.15) is 0 Å². The van der Waals surface area contributed by atoms with Gasteiger partial charge >= 0.3 is 0 Å². The molecule has 3 aromatic rings. The molecule has 2 aromatic heterocycles. The molecule has 5 heteroatoms. The molecule has 1 aromatic carbocycles. The van der Waals surface area contributed by atoms with Crippen molar-refractivity contribution in [2.24, 2.45) is 0 Å². The van der Waals surface area contributed by atoms with Crippen LogP contribution in [0.4, 0.5) is 11.4 Å². The van der Waals surface area contributed by atoms with Gasteiger partial charge in [-0.15, -0.1) is 11.3 Å². The average Bonchev–Trinajstić information content (AvgIpc) is 2.93. The number of aromatic nitrogens is 2. The van der Waals surface area contributed by atoms with E-state index in [2.05, 4.69) is 35.4 Å². The number of thiophene rings is 1. The molecule has 3 rings (SSSR count). The fourth-order valence-corrected chi connectivity index (χ4v) is 3.07. The molecule has 4 N–H and O–H groups in total. The van der Waals surface area contributed by atoms with Gasteiger partial charge in [0.05, 0.1) is 23.1 Å². The highest BCUT2D eigenvalue weighted by Gasteiger charge is 2.05. The summed E-state index contributed by atoms with van der Waals surface area (Å²) >= 11 is 1.82. The minimum atomic E-state index is 0.749. The van der Waals surface area contributed by atoms with Crippen LogP contribution in [0.5, 0.6) is 0 Å². The maximum absolute atomic E-state index is 6.04. The molecule has 0 saturated heterocycles. The van der Waals surface area contributed by atoms with Crippen molar-refractivity contribution < 1.29 is 0 Å². The molecule has 0 fully saturated rings. The van der Waals surface area contributed by atoms with Gasteiger partial charge in [-0.2, -0.15) is 5.10 Å². The molecular formula is C14H16N4S. The summed E-state index contributed by atoms with van der Waals surface area (Å²) in [4.78, 5) is 2.69. The van der Waals surface area contributed by atoms with Crippen LogP contribution in [0.15, 0.2) is 24.4 Å². The quantitative estimate of drug-likeness (QED) is 0.640. The molecule has 0 aliphatic carbocycles. The van der Waals surface area contributed by atoms with Gasteiger partial charge in [0.2, 0.25) is 0 Å². The summed E-state index contributed by atoms with van der Waals surface area (Å²) in [5, 5.41) is 11.4. The number of nitrogens with two attached hydrogens (primary N) is 1. The number of benzene rings is 1. The Labute approximate surface area is 115 Å². The molecule has 19 heavy (non-hydrogen) atoms. The van der Waals surface area contributed by atoms with Gasteiger partial charge in [0.25, 0.3) is 0 Å². The predicted octanol–water partition coefficient (Wildman–Crippen LogP) is 3.44. The van der Waals surface area contributed by atoms with Crippen molar-refractivity contribution >= 4 is 33.6 Å². The lowest BCUT2D eigenvalue weighted by molar-refractivity contribution is 1.12. The van der Waals surface area contributed by atoms with E-state index in [1.165, 1.54) is 15.3 Å². The third kappa shape index (κ3) is 2.29. The molecule has 98 valence electrons. The Morgan fingerprint density at radius 2 is 2.16 bits per heavy atom. The van der Waals surface area contributed by atoms with Gasteiger partial charge in [0, 0.05) is 21.7 Å². The Morgan fingerprint density at radius 1 is 1.32 bits per heavy atom. The highest BCUT2D eigenvalue weighted by molar-refractivity contribution is 7.12. The maximum Gasteiger partial charge on any atom is 0.0672 e. The first-order valence-electron chi connectivity index (χ1n) is 6.16. The van der Waals surface area contributed by atoms with Gasteiger partial charge in [-0.05, 0) is 37.6 Å². The van der Waals surface area contributed by atoms with Crippen LogP contribution in [0.3, 0.4) is 0 Å². The number of H-pyrrole nitrogens is 1. The number of fused-ring (bicyclic) bond motifs is 1. The highest BCUT2D eigenvalue weighted by atomic mass is 32.1. The van der Waals surface area contributed by atoms with Crippen LogP contribution in [-0.2, 0) is 6.54 Å². The molecule has 0 bridgehead atoms. The normalized spacial score (nSPS) is 11.1. The zero-order valence-electron chi connectivity index (χ0n) is 10.9. The molecular weight excluding hydrogens is 256 g/mol. The summed E-state index contributed by atoms with van der Waals surface area (Å²) in [6.07, 6.45) is 1.78. The van der Waals surface area contributed by atoms with Gasteiger partial charge in [-0.25, -0.2) is 0 Å². The molecule has 0 atom stereocenters. The van der Waals surface area contributed by atoms with Crippen LogP contribution in [0.25, 0.3) is 10.9 Å². The van der Waals surface area contributed by atoms with E-state index in [9.17, 15) is 0 Å². The van der Waals surface area contributed by atoms with E-state index >= 15 is 0 Å². The van der Waals surface area contributed by atoms with Gasteiger partial charge in [-0.1, -0.05) is 0 Å². The van der Waals surface area contributed by atoms with E-state index in [1.807, 2.05) is 23.5 Å². The molecule has 0 amide bonds. The summed E-state index contributed by atoms with van der Waals surface area (Å²) in [5.74, 6) is 0. The zero-order chi connectivity index (χ0) is 13.4. The van der Waals surface area contributed by atoms with E-state index in [-0.39, 0.29) is 0 Å². The Hall–Kier alpha value is -2.01. The Morgan fingerprint density at radius 3 is 2.89 bits per heavy atom. The first-order chi connectivity index (χ1) is 9.13. The number of rotatable bonds is 3. The summed E-state index contributed by atoms with van der Waals surface area (Å²) in [5.41, 5.74) is 10.1. The van der Waals surface area contributed by atoms with Crippen LogP contribution in [0, 0.1) is 13.8 Å². The lowest BCUT2D eigenvalue weighted by Gasteiger charge is -2.08. The number of aromatic amines is 1. The summed E-state index contributed by atoms with van der Waals surface area (Å²) in [6.45, 7) is 5.08. The van der Waals surface area contributed by atoms with E-state index in [0.29, 0.717) is 0 Å². The lowest BCUT2D eigenvalue weighted by Crippen LogP contribution is -2.01. The topological polar surface area (TPSA) is 66.7 Å². The average molecular weight is 272 g/mol. The Bertz CT molecular complexity index is 707. The summed E-state index contributed by atoms with van der Waals surface area (Å²) in [6, 6.07) is 6.16. The van der Waals surface area contributed by atoms with E-state index in [1.54, 1.807) is 6.20 Å². The van der Waals surface area contributed by atoms with Crippen molar-refractivity contribution in [2.75, 3.05) is 11.1 Å². The van der Waals surface area contributed by atoms with Crippen molar-refractivity contribution in [1.82, 2.24) is 10.2 Å². The largest absolute Gasteiger partial charge is 0.397 e. The molecule has 4 nitrogen and oxygen atoms in total. The molecule has 0 spiro atoms. The van der Waals surface area contributed by atoms with Crippen LogP contribution >= 0.6 is 11.3 Å². The van der Waals surface area contributed by atoms with Crippen LogP contribution in [-0.4, -0.2) is 10.2 Å². The first-order valence-corrected chi connectivity index (χ1v) is 6.97. The number of nitrogen functional groups attached to an aromatic ring is 1. The number of nitrogens with one attached hydrogen (secondary N) is 2. The second kappa shape index (κ2) is 4.59. The summed E-state index contributed by atoms with van der Waals surface area (Å²) in [7, 11) is 0. The number of hydrogen-bond donors (Lipinski definition) is 3. The van der Waals surface area contributed by atoms with Crippen molar-refractivity contribution in [3.05, 3.63) is 39.7 Å². The minimum absolute atomic E-state index is 0.749. The van der Waals surface area contributed by atoms with Crippen molar-refractivity contribution in [1.29, 1.82) is 0 Å². The highest BCUT2D eigenvalue weighted by Crippen LogP contribution is 2.26. The summed E-state index contributed by atoms with van der Waals surface area (Å²) < 4.78 is 0. The molecule has 0 saturated carbocycles. The van der Waals surface area contributed by atoms with Crippen LogP contribution in [0.2, 0.25) is 0 Å². The molecule has 0 aliphatic heterocycles. The monoisotopic (exact) mass is 272 g/mol. The zero-order valence-corrected chi connectivity index (χ0v) is 11.8. The number of hydrogen-bond acceptors (Lipinski definition) is 4. The molecule has 0 radical (unpaired) electrons. The molecule has 0 aliphatic rings. The number of nitrogens with zero attached hydrogens (tertiary/aromatic N) is 1. The second-order valence-electron chi connectivity index (χ2n) is 4.70. The van der Waals surface area contributed by atoms with Gasteiger partial charge in [-0.3, -0.25) is 5.10 Å². The Kier molecular flexibility index (Phi) is 2.91. The fraction of sp³-hybridized carbons (Fsp3) is 0.214. The minimum Gasteiger partial charge on any atom is -0.397 e. The van der Waals surface area contributed by atoms with E-state index in [0.717, 1.165) is 28.8 Å². The number of anilines is 2. The lowest BCUT2D eigenvalue weighted by atomic mass is 10.2. The van der Waals surface area contributed by atoms with Crippen molar-refractivity contribution in [3.63, 3.8) is 0 Å². The van der Waals surface area contributed by atoms with Crippen molar-refractivity contribution in [3.8, 4) is 0 Å². The van der Waals surface area contributed by atoms with Crippen molar-refractivity contribution in [2.45, 2.75) is 20.4 Å². The standard InChI is InChI=1S/C14H16N4S/c1-8-3-11(19-9(8)2)7-16-14-5-13-10(4-12(14)15)6-17-18-13/h3-6,16H,7,15H2,1-2H3,(H,17,18). The maximum atomic E-state index is 6.04. The fourth-order valence-electron chi connectivity index (χ4n) is 2.08. The third-order valence-electron chi connectivity index (χ3n) is 3.28. The van der Waals surface area contributed by atoms with Crippen LogP contribution < -0.4 is 11.1 Å². The van der Waals surface area contributed by atoms with Gasteiger partial charge in [0.15, 0.2) is 0 Å². The van der Waals surface area contributed by atoms with E-state index < -0.39 is 0 Å². The second-order valence-corrected chi connectivity index (χ2v) is 6.04. The molecule has 2 heterocycles. The molecule has 0 unspecified atom stereocenters. The van der Waals surface area contributed by atoms with E-state index in [4.69, 9.17) is 5.73 Å². The van der Waals surface area contributed by atoms with Crippen LogP contribution in [0.1, 0.15) is 15.3 Å². The smallest absolute Gasteiger partial charge is 0.0672 e. The number of aryl methyl sites for hydroxylation is 2. The van der Waals surface area contributed by atoms with Gasteiger partial charge < -0.3 is 11.1 Å². The predicted molar refractivity (Wildman–Crippen MR) is 81.6 cm³/mol. The SMILES string of the molecule is Cc1cc(CNc2cc3[nH]ncc3cc2N)sc1C.